The number of methoxy groups -OCH3 is 1. The van der Waals surface area contributed by atoms with E-state index in [9.17, 15) is 26.7 Å². The van der Waals surface area contributed by atoms with Crippen molar-refractivity contribution in [2.75, 3.05) is 7.11 Å². The van der Waals surface area contributed by atoms with Gasteiger partial charge in [-0.2, -0.15) is 22.0 Å². The minimum Gasteiger partial charge on any atom is -0.464 e. The fourth-order valence-corrected chi connectivity index (χ4v) is 0.950. The van der Waals surface area contributed by atoms with Crippen LogP contribution in [0.25, 0.3) is 0 Å². The second-order valence-corrected chi connectivity index (χ2v) is 2.97. The summed E-state index contributed by atoms with van der Waals surface area (Å²) in [5.74, 6) is -5.93. The summed E-state index contributed by atoms with van der Waals surface area (Å²) >= 11 is 0. The Hall–Kier alpha value is -1.80. The smallest absolute Gasteiger partial charge is 0.459 e. The zero-order chi connectivity index (χ0) is 13.3. The molecule has 1 heterocycles. The van der Waals surface area contributed by atoms with E-state index in [4.69, 9.17) is 0 Å². The third kappa shape index (κ3) is 2.48. The molecule has 0 aromatic rings. The van der Waals surface area contributed by atoms with E-state index < -0.39 is 23.8 Å². The van der Waals surface area contributed by atoms with Gasteiger partial charge in [-0.05, 0) is 12.2 Å². The number of nitrogens with one attached hydrogen (secondary N) is 2. The molecule has 0 amide bonds. The monoisotopic (exact) mass is 258 g/mol. The first-order chi connectivity index (χ1) is 7.70. The molecule has 0 spiro atoms. The molecule has 0 atom stereocenters. The van der Waals surface area contributed by atoms with E-state index in [-0.39, 0.29) is 5.70 Å². The van der Waals surface area contributed by atoms with Gasteiger partial charge >= 0.3 is 18.1 Å². The van der Waals surface area contributed by atoms with Crippen LogP contribution in [0, 0.1) is 0 Å². The lowest BCUT2D eigenvalue weighted by Gasteiger charge is -2.26. The Balaban J connectivity index is 2.95. The average Bonchev–Trinajstić information content (AvgIpc) is 2.26. The Morgan fingerprint density at radius 3 is 2.12 bits per heavy atom. The SMILES string of the molecule is COC(=O)C1=CC=C(C(F)(F)C(F)(F)F)NN1. The molecule has 0 saturated carbocycles. The zero-order valence-electron chi connectivity index (χ0n) is 8.36. The van der Waals surface area contributed by atoms with Crippen LogP contribution in [0.5, 0.6) is 0 Å². The van der Waals surface area contributed by atoms with Gasteiger partial charge in [0, 0.05) is 0 Å². The molecule has 0 aromatic carbocycles. The number of hydrogen-bond donors (Lipinski definition) is 2. The largest absolute Gasteiger partial charge is 0.464 e. The molecule has 1 aliphatic rings. The first kappa shape index (κ1) is 13.3. The normalized spacial score (nSPS) is 16.4. The van der Waals surface area contributed by atoms with Gasteiger partial charge in [0.2, 0.25) is 0 Å². The number of ether oxygens (including phenoxy) is 1. The second-order valence-electron chi connectivity index (χ2n) is 2.97. The molecule has 0 aromatic heterocycles. The van der Waals surface area contributed by atoms with Crippen molar-refractivity contribution < 1.29 is 31.5 Å². The van der Waals surface area contributed by atoms with Gasteiger partial charge < -0.3 is 4.74 Å². The number of hydrogen-bond acceptors (Lipinski definition) is 4. The van der Waals surface area contributed by atoms with Crippen molar-refractivity contribution in [3.8, 4) is 0 Å². The van der Waals surface area contributed by atoms with Crippen LogP contribution in [-0.4, -0.2) is 25.2 Å². The lowest BCUT2D eigenvalue weighted by Crippen LogP contribution is -2.48. The summed E-state index contributed by atoms with van der Waals surface area (Å²) in [6.45, 7) is 0. The third-order valence-electron chi connectivity index (χ3n) is 1.85. The second kappa shape index (κ2) is 4.22. The van der Waals surface area contributed by atoms with E-state index >= 15 is 0 Å². The van der Waals surface area contributed by atoms with Crippen molar-refractivity contribution in [1.82, 2.24) is 10.9 Å². The summed E-state index contributed by atoms with van der Waals surface area (Å²) in [4.78, 5) is 10.9. The van der Waals surface area contributed by atoms with Gasteiger partial charge in [-0.1, -0.05) is 0 Å². The zero-order valence-corrected chi connectivity index (χ0v) is 8.36. The molecule has 0 radical (unpaired) electrons. The van der Waals surface area contributed by atoms with Crippen LogP contribution in [0.4, 0.5) is 22.0 Å². The number of allylic oxidation sites excluding steroid dienone is 3. The standard InChI is InChI=1S/C8H7F5N2O2/c1-17-6(16)4-2-3-5(15-14-4)7(9,10)8(11,12)13/h2-3,14-15H,1H3. The minimum absolute atomic E-state index is 0.283. The first-order valence-corrected chi connectivity index (χ1v) is 4.17. The quantitative estimate of drug-likeness (QED) is 0.578. The Bertz CT molecular complexity index is 386. The highest BCUT2D eigenvalue weighted by atomic mass is 19.4. The van der Waals surface area contributed by atoms with Crippen LogP contribution in [0.15, 0.2) is 23.5 Å². The molecule has 96 valence electrons. The molecule has 1 rings (SSSR count). The highest BCUT2D eigenvalue weighted by Crippen LogP contribution is 2.40. The lowest BCUT2D eigenvalue weighted by molar-refractivity contribution is -0.266. The Labute approximate surface area is 92.1 Å². The number of carbonyl (C=O) groups excluding carboxylic acids is 1. The van der Waals surface area contributed by atoms with Gasteiger partial charge in [-0.3, -0.25) is 10.9 Å². The topological polar surface area (TPSA) is 50.4 Å². The molecular formula is C8H7F5N2O2. The number of alkyl halides is 5. The summed E-state index contributed by atoms with van der Waals surface area (Å²) in [6.07, 6.45) is -4.50. The minimum atomic E-state index is -5.72. The summed E-state index contributed by atoms with van der Waals surface area (Å²) in [6, 6.07) is 0. The van der Waals surface area contributed by atoms with Crippen molar-refractivity contribution >= 4 is 5.97 Å². The number of carbonyl (C=O) groups is 1. The van der Waals surface area contributed by atoms with Gasteiger partial charge in [0.25, 0.3) is 0 Å². The van der Waals surface area contributed by atoms with E-state index in [0.29, 0.717) is 6.08 Å². The number of rotatable bonds is 2. The fraction of sp³-hybridized carbons (Fsp3) is 0.375. The summed E-state index contributed by atoms with van der Waals surface area (Å²) in [5, 5.41) is 0. The maximum Gasteiger partial charge on any atom is 0.459 e. The summed E-state index contributed by atoms with van der Waals surface area (Å²) in [5.41, 5.74) is 1.80. The van der Waals surface area contributed by atoms with Crippen LogP contribution >= 0.6 is 0 Å². The lowest BCUT2D eigenvalue weighted by atomic mass is 10.2. The van der Waals surface area contributed by atoms with Gasteiger partial charge in [-0.25, -0.2) is 4.79 Å². The van der Waals surface area contributed by atoms with E-state index in [1.165, 1.54) is 0 Å². The maximum atomic E-state index is 12.8. The van der Waals surface area contributed by atoms with Crippen LogP contribution < -0.4 is 10.9 Å². The van der Waals surface area contributed by atoms with Crippen LogP contribution in [-0.2, 0) is 9.53 Å². The van der Waals surface area contributed by atoms with Crippen molar-refractivity contribution in [3.63, 3.8) is 0 Å². The third-order valence-corrected chi connectivity index (χ3v) is 1.85. The van der Waals surface area contributed by atoms with Gasteiger partial charge in [0.05, 0.1) is 7.11 Å². The molecule has 4 nitrogen and oxygen atoms in total. The Morgan fingerprint density at radius 2 is 1.76 bits per heavy atom. The van der Waals surface area contributed by atoms with Crippen molar-refractivity contribution in [2.45, 2.75) is 12.1 Å². The maximum absolute atomic E-state index is 12.8. The molecule has 0 unspecified atom stereocenters. The number of halogens is 5. The van der Waals surface area contributed by atoms with E-state index in [2.05, 4.69) is 4.74 Å². The van der Waals surface area contributed by atoms with E-state index in [1.54, 1.807) is 5.43 Å². The predicted molar refractivity (Wildman–Crippen MR) is 45.5 cm³/mol. The van der Waals surface area contributed by atoms with Crippen molar-refractivity contribution in [1.29, 1.82) is 0 Å². The van der Waals surface area contributed by atoms with Gasteiger partial charge in [-0.15, -0.1) is 0 Å². The van der Waals surface area contributed by atoms with Crippen LogP contribution in [0.3, 0.4) is 0 Å². The van der Waals surface area contributed by atoms with Gasteiger partial charge in [0.15, 0.2) is 0 Å². The van der Waals surface area contributed by atoms with E-state index in [1.807, 2.05) is 5.43 Å². The van der Waals surface area contributed by atoms with Crippen molar-refractivity contribution in [3.05, 3.63) is 23.5 Å². The molecule has 1 aliphatic heterocycles. The molecular weight excluding hydrogens is 251 g/mol. The molecule has 17 heavy (non-hydrogen) atoms. The van der Waals surface area contributed by atoms with Crippen molar-refractivity contribution in [2.24, 2.45) is 0 Å². The molecule has 0 fully saturated rings. The molecule has 2 N–H and O–H groups in total. The summed E-state index contributed by atoms with van der Waals surface area (Å²) < 4.78 is 65.7. The number of esters is 1. The molecule has 0 bridgehead atoms. The highest BCUT2D eigenvalue weighted by Gasteiger charge is 2.60. The highest BCUT2D eigenvalue weighted by molar-refractivity contribution is 5.88. The predicted octanol–water partition coefficient (Wildman–Crippen LogP) is 1.23. The fourth-order valence-electron chi connectivity index (χ4n) is 0.950. The Kier molecular flexibility index (Phi) is 3.30. The number of hydrazine groups is 1. The van der Waals surface area contributed by atoms with Gasteiger partial charge in [0.1, 0.15) is 11.4 Å². The van der Waals surface area contributed by atoms with Crippen LogP contribution in [0.1, 0.15) is 0 Å². The first-order valence-electron chi connectivity index (χ1n) is 4.17. The molecule has 0 aliphatic carbocycles. The summed E-state index contributed by atoms with van der Waals surface area (Å²) in [7, 11) is 1.04. The Morgan fingerprint density at radius 1 is 1.18 bits per heavy atom. The average molecular weight is 258 g/mol. The van der Waals surface area contributed by atoms with E-state index in [0.717, 1.165) is 13.2 Å². The molecule has 0 saturated heterocycles. The molecule has 9 heteroatoms. The van der Waals surface area contributed by atoms with Crippen LogP contribution in [0.2, 0.25) is 0 Å².